The average Bonchev–Trinajstić information content (AvgIpc) is 2.40. The zero-order chi connectivity index (χ0) is 13.7. The highest BCUT2D eigenvalue weighted by Gasteiger charge is 2.06. The Kier molecular flexibility index (Phi) is 3.72. The molecule has 6 nitrogen and oxygen atoms in total. The van der Waals surface area contributed by atoms with Crippen LogP contribution in [-0.2, 0) is 0 Å². The van der Waals surface area contributed by atoms with Gasteiger partial charge in [0.2, 0.25) is 0 Å². The Bertz CT molecular complexity index is 582. The van der Waals surface area contributed by atoms with E-state index in [0.29, 0.717) is 11.3 Å². The normalized spacial score (nSPS) is 9.68. The van der Waals surface area contributed by atoms with Crippen molar-refractivity contribution >= 4 is 17.7 Å². The predicted octanol–water partition coefficient (Wildman–Crippen LogP) is 1.79. The maximum absolute atomic E-state index is 11.9. The second-order valence-electron chi connectivity index (χ2n) is 3.64. The first kappa shape index (κ1) is 12.6. The Morgan fingerprint density at radius 3 is 2.47 bits per heavy atom. The molecule has 3 N–H and O–H groups in total. The number of amides is 2. The molecule has 96 valence electrons. The van der Waals surface area contributed by atoms with Crippen molar-refractivity contribution in [2.24, 2.45) is 5.73 Å². The van der Waals surface area contributed by atoms with E-state index in [9.17, 15) is 9.59 Å². The van der Waals surface area contributed by atoms with Gasteiger partial charge in [-0.1, -0.05) is 0 Å². The first-order chi connectivity index (χ1) is 9.15. The van der Waals surface area contributed by atoms with Crippen molar-refractivity contribution in [3.8, 4) is 5.75 Å². The van der Waals surface area contributed by atoms with Gasteiger partial charge in [-0.2, -0.15) is 0 Å². The van der Waals surface area contributed by atoms with Gasteiger partial charge in [-0.3, -0.25) is 9.78 Å². The standard InChI is InChI=1S/C13H11N3O3/c14-13(18)19-11-5-3-9(4-6-11)12(17)16-10-2-1-7-15-8-10/h1-8H,(H2,14,18)(H,16,17). The lowest BCUT2D eigenvalue weighted by atomic mass is 10.2. The van der Waals surface area contributed by atoms with Crippen LogP contribution >= 0.6 is 0 Å². The number of nitrogens with one attached hydrogen (secondary N) is 1. The Morgan fingerprint density at radius 2 is 1.89 bits per heavy atom. The molecule has 1 aromatic carbocycles. The predicted molar refractivity (Wildman–Crippen MR) is 68.8 cm³/mol. The summed E-state index contributed by atoms with van der Waals surface area (Å²) in [6.45, 7) is 0. The van der Waals surface area contributed by atoms with E-state index in [2.05, 4.69) is 15.0 Å². The van der Waals surface area contributed by atoms with Crippen LogP contribution in [0.3, 0.4) is 0 Å². The monoisotopic (exact) mass is 257 g/mol. The molecule has 0 radical (unpaired) electrons. The van der Waals surface area contributed by atoms with Crippen LogP contribution in [0.15, 0.2) is 48.8 Å². The lowest BCUT2D eigenvalue weighted by Crippen LogP contribution is -2.16. The van der Waals surface area contributed by atoms with Crippen molar-refractivity contribution in [2.75, 3.05) is 5.32 Å². The Balaban J connectivity index is 2.05. The molecular weight excluding hydrogens is 246 g/mol. The van der Waals surface area contributed by atoms with E-state index >= 15 is 0 Å². The molecule has 2 aromatic rings. The maximum Gasteiger partial charge on any atom is 0.409 e. The van der Waals surface area contributed by atoms with E-state index in [-0.39, 0.29) is 11.7 Å². The van der Waals surface area contributed by atoms with Crippen molar-refractivity contribution in [3.63, 3.8) is 0 Å². The largest absolute Gasteiger partial charge is 0.411 e. The van der Waals surface area contributed by atoms with Gasteiger partial charge in [-0.05, 0) is 36.4 Å². The van der Waals surface area contributed by atoms with Crippen LogP contribution in [0.5, 0.6) is 5.75 Å². The summed E-state index contributed by atoms with van der Waals surface area (Å²) in [5.74, 6) is 0.00375. The first-order valence-electron chi connectivity index (χ1n) is 5.44. The van der Waals surface area contributed by atoms with Gasteiger partial charge in [0.05, 0.1) is 11.9 Å². The van der Waals surface area contributed by atoms with E-state index in [1.165, 1.54) is 24.3 Å². The van der Waals surface area contributed by atoms with Crippen molar-refractivity contribution < 1.29 is 14.3 Å². The first-order valence-corrected chi connectivity index (χ1v) is 5.44. The summed E-state index contributed by atoms with van der Waals surface area (Å²) >= 11 is 0. The van der Waals surface area contributed by atoms with E-state index in [4.69, 9.17) is 5.73 Å². The third kappa shape index (κ3) is 3.53. The summed E-state index contributed by atoms with van der Waals surface area (Å²) in [6, 6.07) is 9.49. The van der Waals surface area contributed by atoms with Gasteiger partial charge in [0.15, 0.2) is 0 Å². The maximum atomic E-state index is 11.9. The summed E-state index contributed by atoms with van der Waals surface area (Å²) in [5, 5.41) is 2.68. The third-order valence-electron chi connectivity index (χ3n) is 2.25. The van der Waals surface area contributed by atoms with Gasteiger partial charge in [0.1, 0.15) is 5.75 Å². The molecule has 1 heterocycles. The summed E-state index contributed by atoms with van der Waals surface area (Å²) in [6.07, 6.45) is 2.27. The number of benzene rings is 1. The summed E-state index contributed by atoms with van der Waals surface area (Å²) in [7, 11) is 0. The molecule has 6 heteroatoms. The minimum atomic E-state index is -0.896. The fourth-order valence-corrected chi connectivity index (χ4v) is 1.43. The van der Waals surface area contributed by atoms with Crippen LogP contribution in [0.4, 0.5) is 10.5 Å². The number of primary amides is 1. The van der Waals surface area contributed by atoms with Crippen LogP contribution in [0.1, 0.15) is 10.4 Å². The minimum absolute atomic E-state index is 0.279. The quantitative estimate of drug-likeness (QED) is 0.876. The van der Waals surface area contributed by atoms with Gasteiger partial charge in [-0.15, -0.1) is 0 Å². The number of nitrogens with two attached hydrogens (primary N) is 1. The fraction of sp³-hybridized carbons (Fsp3) is 0. The van der Waals surface area contributed by atoms with Crippen molar-refractivity contribution in [2.45, 2.75) is 0 Å². The van der Waals surface area contributed by atoms with Crippen molar-refractivity contribution in [1.29, 1.82) is 0 Å². The van der Waals surface area contributed by atoms with Crippen LogP contribution in [0.2, 0.25) is 0 Å². The molecule has 0 aliphatic rings. The fourth-order valence-electron chi connectivity index (χ4n) is 1.43. The minimum Gasteiger partial charge on any atom is -0.411 e. The highest BCUT2D eigenvalue weighted by atomic mass is 16.5. The summed E-state index contributed by atoms with van der Waals surface area (Å²) < 4.78 is 4.66. The zero-order valence-corrected chi connectivity index (χ0v) is 9.87. The zero-order valence-electron chi connectivity index (χ0n) is 9.87. The van der Waals surface area contributed by atoms with Gasteiger partial charge in [0, 0.05) is 11.8 Å². The number of carbonyl (C=O) groups excluding carboxylic acids is 2. The van der Waals surface area contributed by atoms with Gasteiger partial charge >= 0.3 is 6.09 Å². The summed E-state index contributed by atoms with van der Waals surface area (Å²) in [4.78, 5) is 26.3. The number of hydrogen-bond acceptors (Lipinski definition) is 4. The van der Waals surface area contributed by atoms with Crippen LogP contribution in [0, 0.1) is 0 Å². The number of carbonyl (C=O) groups is 2. The molecule has 0 unspecified atom stereocenters. The lowest BCUT2D eigenvalue weighted by molar-refractivity contribution is 0.102. The molecule has 19 heavy (non-hydrogen) atoms. The molecule has 2 rings (SSSR count). The number of aromatic nitrogens is 1. The molecule has 0 saturated heterocycles. The molecule has 2 amide bonds. The SMILES string of the molecule is NC(=O)Oc1ccc(C(=O)Nc2cccnc2)cc1. The molecule has 0 fully saturated rings. The molecule has 0 aliphatic carbocycles. The van der Waals surface area contributed by atoms with E-state index in [1.807, 2.05) is 0 Å². The highest BCUT2D eigenvalue weighted by molar-refractivity contribution is 6.04. The molecule has 0 spiro atoms. The molecular formula is C13H11N3O3. The number of nitrogens with zero attached hydrogens (tertiary/aromatic N) is 1. The number of anilines is 1. The molecule has 0 atom stereocenters. The lowest BCUT2D eigenvalue weighted by Gasteiger charge is -2.05. The number of ether oxygens (including phenoxy) is 1. The Labute approximate surface area is 109 Å². The van der Waals surface area contributed by atoms with Crippen LogP contribution < -0.4 is 15.8 Å². The number of hydrogen-bond donors (Lipinski definition) is 2. The molecule has 0 saturated carbocycles. The van der Waals surface area contributed by atoms with Crippen LogP contribution in [0.25, 0.3) is 0 Å². The number of pyridine rings is 1. The van der Waals surface area contributed by atoms with E-state index in [0.717, 1.165) is 0 Å². The Morgan fingerprint density at radius 1 is 1.16 bits per heavy atom. The molecule has 1 aromatic heterocycles. The van der Waals surface area contributed by atoms with Gasteiger partial charge in [0.25, 0.3) is 5.91 Å². The number of rotatable bonds is 3. The summed E-state index contributed by atoms with van der Waals surface area (Å²) in [5.41, 5.74) is 5.91. The second kappa shape index (κ2) is 5.63. The van der Waals surface area contributed by atoms with Crippen molar-refractivity contribution in [3.05, 3.63) is 54.4 Å². The third-order valence-corrected chi connectivity index (χ3v) is 2.25. The highest BCUT2D eigenvalue weighted by Crippen LogP contribution is 2.13. The van der Waals surface area contributed by atoms with Gasteiger partial charge < -0.3 is 15.8 Å². The smallest absolute Gasteiger partial charge is 0.409 e. The second-order valence-corrected chi connectivity index (χ2v) is 3.64. The van der Waals surface area contributed by atoms with Crippen molar-refractivity contribution in [1.82, 2.24) is 4.98 Å². The Hall–Kier alpha value is -2.89. The molecule has 0 aliphatic heterocycles. The van der Waals surface area contributed by atoms with Crippen LogP contribution in [-0.4, -0.2) is 17.0 Å². The molecule has 0 bridgehead atoms. The topological polar surface area (TPSA) is 94.3 Å². The van der Waals surface area contributed by atoms with E-state index < -0.39 is 6.09 Å². The van der Waals surface area contributed by atoms with E-state index in [1.54, 1.807) is 24.5 Å². The average molecular weight is 257 g/mol. The van der Waals surface area contributed by atoms with Gasteiger partial charge in [-0.25, -0.2) is 4.79 Å².